The second-order valence-corrected chi connectivity index (χ2v) is 7.03. The summed E-state index contributed by atoms with van der Waals surface area (Å²) < 4.78 is 6.36. The Balaban J connectivity index is 1.99. The van der Waals surface area contributed by atoms with Gasteiger partial charge in [0.15, 0.2) is 0 Å². The molecule has 1 amide bonds. The Hall–Kier alpha value is -2.19. The van der Waals surface area contributed by atoms with Crippen LogP contribution in [-0.4, -0.2) is 39.2 Å². The standard InChI is InChI=1S/C15H17N3O4S/c1-15(2)8-22-9-18(15)13(20)11-6-16-14(21)17(12(11)19)7-10-4-3-5-23-10/h3-6H,7-9H2,1-2H3,(H,16,21). The number of carbonyl (C=O) groups is 1. The summed E-state index contributed by atoms with van der Waals surface area (Å²) in [6, 6.07) is 3.68. The van der Waals surface area contributed by atoms with Gasteiger partial charge in [-0.2, -0.15) is 0 Å². The van der Waals surface area contributed by atoms with Crippen LogP contribution in [0.1, 0.15) is 29.1 Å². The number of rotatable bonds is 3. The smallest absolute Gasteiger partial charge is 0.328 e. The molecule has 2 aromatic rings. The Morgan fingerprint density at radius 3 is 2.83 bits per heavy atom. The first-order valence-corrected chi connectivity index (χ1v) is 8.03. The van der Waals surface area contributed by atoms with Gasteiger partial charge in [0.1, 0.15) is 12.3 Å². The van der Waals surface area contributed by atoms with Gasteiger partial charge in [-0.15, -0.1) is 11.3 Å². The second kappa shape index (κ2) is 5.78. The van der Waals surface area contributed by atoms with E-state index in [0.717, 1.165) is 9.44 Å². The quantitative estimate of drug-likeness (QED) is 0.901. The van der Waals surface area contributed by atoms with Gasteiger partial charge in [-0.3, -0.25) is 14.2 Å². The zero-order valence-corrected chi connectivity index (χ0v) is 13.7. The Labute approximate surface area is 136 Å². The van der Waals surface area contributed by atoms with E-state index < -0.39 is 22.7 Å². The van der Waals surface area contributed by atoms with Crippen molar-refractivity contribution < 1.29 is 9.53 Å². The SMILES string of the molecule is CC1(C)COCN1C(=O)c1c[nH]c(=O)n(Cc2cccs2)c1=O. The van der Waals surface area contributed by atoms with Crippen molar-refractivity contribution in [2.75, 3.05) is 13.3 Å². The topological polar surface area (TPSA) is 84.4 Å². The van der Waals surface area contributed by atoms with Crippen LogP contribution in [0.3, 0.4) is 0 Å². The van der Waals surface area contributed by atoms with E-state index in [-0.39, 0.29) is 18.8 Å². The fourth-order valence-electron chi connectivity index (χ4n) is 2.48. The van der Waals surface area contributed by atoms with E-state index in [4.69, 9.17) is 4.74 Å². The lowest BCUT2D eigenvalue weighted by Crippen LogP contribution is -2.48. The first-order chi connectivity index (χ1) is 10.9. The first-order valence-electron chi connectivity index (χ1n) is 7.15. The fraction of sp³-hybridized carbons (Fsp3) is 0.400. The molecular formula is C15H17N3O4S. The van der Waals surface area contributed by atoms with Gasteiger partial charge in [-0.05, 0) is 25.3 Å². The van der Waals surface area contributed by atoms with Gasteiger partial charge in [-0.25, -0.2) is 4.79 Å². The van der Waals surface area contributed by atoms with Crippen LogP contribution in [0, 0.1) is 0 Å². The Morgan fingerprint density at radius 1 is 1.43 bits per heavy atom. The van der Waals surface area contributed by atoms with Gasteiger partial charge in [0.05, 0.1) is 18.7 Å². The number of hydrogen-bond acceptors (Lipinski definition) is 5. The van der Waals surface area contributed by atoms with Crippen LogP contribution in [0.25, 0.3) is 0 Å². The molecule has 0 atom stereocenters. The fourth-order valence-corrected chi connectivity index (χ4v) is 3.18. The molecule has 0 spiro atoms. The van der Waals surface area contributed by atoms with Crippen molar-refractivity contribution in [3.8, 4) is 0 Å². The largest absolute Gasteiger partial charge is 0.359 e. The molecule has 1 N–H and O–H groups in total. The zero-order chi connectivity index (χ0) is 16.6. The number of amides is 1. The maximum absolute atomic E-state index is 12.7. The van der Waals surface area contributed by atoms with Gasteiger partial charge in [0.25, 0.3) is 11.5 Å². The minimum atomic E-state index is -0.588. The molecule has 122 valence electrons. The normalized spacial score (nSPS) is 16.7. The predicted octanol–water partition coefficient (Wildman–Crippen LogP) is 0.855. The number of thiophene rings is 1. The summed E-state index contributed by atoms with van der Waals surface area (Å²) in [5.74, 6) is -0.436. The molecule has 0 bridgehead atoms. The highest BCUT2D eigenvalue weighted by Crippen LogP contribution is 2.22. The third kappa shape index (κ3) is 2.87. The van der Waals surface area contributed by atoms with Crippen molar-refractivity contribution in [3.05, 3.63) is 55.0 Å². The zero-order valence-electron chi connectivity index (χ0n) is 12.9. The van der Waals surface area contributed by atoms with E-state index in [2.05, 4.69) is 4.98 Å². The number of nitrogens with one attached hydrogen (secondary N) is 1. The molecule has 3 heterocycles. The van der Waals surface area contributed by atoms with Crippen LogP contribution in [0.2, 0.25) is 0 Å². The van der Waals surface area contributed by atoms with Crippen molar-refractivity contribution in [1.82, 2.24) is 14.5 Å². The van der Waals surface area contributed by atoms with Crippen LogP contribution in [0.5, 0.6) is 0 Å². The average molecular weight is 335 g/mol. The van der Waals surface area contributed by atoms with E-state index in [1.165, 1.54) is 22.4 Å². The van der Waals surface area contributed by atoms with E-state index in [1.807, 2.05) is 31.4 Å². The van der Waals surface area contributed by atoms with Gasteiger partial charge in [0, 0.05) is 11.1 Å². The minimum Gasteiger partial charge on any atom is -0.359 e. The predicted molar refractivity (Wildman–Crippen MR) is 85.8 cm³/mol. The third-order valence-corrected chi connectivity index (χ3v) is 4.70. The summed E-state index contributed by atoms with van der Waals surface area (Å²) >= 11 is 1.45. The van der Waals surface area contributed by atoms with Crippen molar-refractivity contribution >= 4 is 17.2 Å². The number of carbonyl (C=O) groups excluding carboxylic acids is 1. The van der Waals surface area contributed by atoms with Crippen LogP contribution in [0.15, 0.2) is 33.3 Å². The minimum absolute atomic E-state index is 0.0558. The van der Waals surface area contributed by atoms with Crippen molar-refractivity contribution in [2.45, 2.75) is 25.9 Å². The summed E-state index contributed by atoms with van der Waals surface area (Å²) in [7, 11) is 0. The molecule has 23 heavy (non-hydrogen) atoms. The molecule has 1 aliphatic rings. The lowest BCUT2D eigenvalue weighted by molar-refractivity contribution is 0.0602. The Morgan fingerprint density at radius 2 is 2.22 bits per heavy atom. The van der Waals surface area contributed by atoms with Gasteiger partial charge in [-0.1, -0.05) is 6.07 Å². The molecular weight excluding hydrogens is 318 g/mol. The number of hydrogen-bond donors (Lipinski definition) is 1. The number of aromatic amines is 1. The van der Waals surface area contributed by atoms with Crippen LogP contribution in [0.4, 0.5) is 0 Å². The molecule has 0 unspecified atom stereocenters. The first kappa shape index (κ1) is 15.7. The van der Waals surface area contributed by atoms with Crippen LogP contribution in [-0.2, 0) is 11.3 Å². The molecule has 0 aliphatic carbocycles. The summed E-state index contributed by atoms with van der Waals surface area (Å²) in [5.41, 5.74) is -1.66. The molecule has 0 radical (unpaired) electrons. The highest BCUT2D eigenvalue weighted by Gasteiger charge is 2.38. The molecule has 0 aromatic carbocycles. The number of aromatic nitrogens is 2. The molecule has 3 rings (SSSR count). The van der Waals surface area contributed by atoms with Crippen LogP contribution >= 0.6 is 11.3 Å². The third-order valence-electron chi connectivity index (χ3n) is 3.84. The Kier molecular flexibility index (Phi) is 3.95. The lowest BCUT2D eigenvalue weighted by atomic mass is 10.1. The molecule has 7 nitrogen and oxygen atoms in total. The molecule has 0 saturated carbocycles. The van der Waals surface area contributed by atoms with Crippen molar-refractivity contribution in [2.24, 2.45) is 0 Å². The highest BCUT2D eigenvalue weighted by molar-refractivity contribution is 7.09. The number of nitrogens with zero attached hydrogens (tertiary/aromatic N) is 2. The highest BCUT2D eigenvalue weighted by atomic mass is 32.1. The molecule has 1 fully saturated rings. The van der Waals surface area contributed by atoms with Crippen LogP contribution < -0.4 is 11.2 Å². The van der Waals surface area contributed by atoms with Crippen molar-refractivity contribution in [1.29, 1.82) is 0 Å². The summed E-state index contributed by atoms with van der Waals surface area (Å²) in [6.45, 7) is 4.43. The van der Waals surface area contributed by atoms with Crippen molar-refractivity contribution in [3.63, 3.8) is 0 Å². The molecule has 2 aromatic heterocycles. The van der Waals surface area contributed by atoms with Gasteiger partial charge in [0.2, 0.25) is 0 Å². The molecule has 8 heteroatoms. The van der Waals surface area contributed by atoms with E-state index in [9.17, 15) is 14.4 Å². The lowest BCUT2D eigenvalue weighted by Gasteiger charge is -2.28. The van der Waals surface area contributed by atoms with Gasteiger partial charge < -0.3 is 14.6 Å². The van der Waals surface area contributed by atoms with E-state index in [0.29, 0.717) is 6.61 Å². The molecule has 1 aliphatic heterocycles. The monoisotopic (exact) mass is 335 g/mol. The average Bonchev–Trinajstić information content (AvgIpc) is 3.11. The maximum Gasteiger partial charge on any atom is 0.328 e. The second-order valence-electron chi connectivity index (χ2n) is 6.00. The van der Waals surface area contributed by atoms with E-state index >= 15 is 0 Å². The molecule has 1 saturated heterocycles. The van der Waals surface area contributed by atoms with E-state index in [1.54, 1.807) is 0 Å². The Bertz CT molecular complexity index is 835. The van der Waals surface area contributed by atoms with Gasteiger partial charge >= 0.3 is 5.69 Å². The number of ether oxygens (including phenoxy) is 1. The summed E-state index contributed by atoms with van der Waals surface area (Å²) in [6.07, 6.45) is 1.19. The maximum atomic E-state index is 12.7. The number of H-pyrrole nitrogens is 1. The summed E-state index contributed by atoms with van der Waals surface area (Å²) in [4.78, 5) is 42.0. The summed E-state index contributed by atoms with van der Waals surface area (Å²) in [5, 5.41) is 1.87.